The minimum absolute atomic E-state index is 0.0132. The molecule has 0 radical (unpaired) electrons. The number of fused-ring (bicyclic) bond motifs is 3. The molecule has 3 saturated carbocycles. The minimum atomic E-state index is -0.758. The number of hydrogen-bond donors (Lipinski definition) is 4. The van der Waals surface area contributed by atoms with Crippen LogP contribution in [0.2, 0.25) is 5.02 Å². The topological polar surface area (TPSA) is 99.7 Å². The molecule has 1 aromatic carbocycles. The molecule has 164 valence electrons. The number of hydrogen-bond acceptors (Lipinski definition) is 6. The third-order valence-corrected chi connectivity index (χ3v) is 7.80. The normalized spacial score (nSPS) is 32.6. The lowest BCUT2D eigenvalue weighted by Crippen LogP contribution is -2.70. The van der Waals surface area contributed by atoms with E-state index in [-0.39, 0.29) is 34.4 Å². The van der Waals surface area contributed by atoms with E-state index in [0.717, 1.165) is 19.0 Å². The fourth-order valence-corrected chi connectivity index (χ4v) is 5.58. The number of benzene rings is 1. The molecule has 2 bridgehead atoms. The van der Waals surface area contributed by atoms with E-state index in [4.69, 9.17) is 16.3 Å². The van der Waals surface area contributed by atoms with Crippen molar-refractivity contribution in [2.24, 2.45) is 0 Å². The van der Waals surface area contributed by atoms with Crippen LogP contribution >= 0.6 is 23.5 Å². The van der Waals surface area contributed by atoms with Crippen molar-refractivity contribution in [2.45, 2.75) is 61.0 Å². The van der Waals surface area contributed by atoms with E-state index in [1.807, 2.05) is 0 Å². The van der Waals surface area contributed by atoms with E-state index in [1.54, 1.807) is 0 Å². The highest BCUT2D eigenvalue weighted by Crippen LogP contribution is 2.47. The summed E-state index contributed by atoms with van der Waals surface area (Å²) in [6.45, 7) is 0.529. The summed E-state index contributed by atoms with van der Waals surface area (Å²) in [7, 11) is 0. The summed E-state index contributed by atoms with van der Waals surface area (Å²) >= 11 is 7.09. The first kappa shape index (κ1) is 21.7. The Morgan fingerprint density at radius 3 is 2.70 bits per heavy atom. The molecule has 1 saturated heterocycles. The van der Waals surface area contributed by atoms with E-state index < -0.39 is 23.0 Å². The van der Waals surface area contributed by atoms with Crippen LogP contribution in [-0.2, 0) is 9.59 Å². The van der Waals surface area contributed by atoms with Gasteiger partial charge in [0.1, 0.15) is 11.6 Å². The zero-order valence-corrected chi connectivity index (χ0v) is 18.0. The Balaban J connectivity index is 1.32. The van der Waals surface area contributed by atoms with E-state index in [9.17, 15) is 19.1 Å². The Kier molecular flexibility index (Phi) is 6.16. The molecule has 3 aliphatic carbocycles. The molecule has 2 atom stereocenters. The lowest BCUT2D eigenvalue weighted by Gasteiger charge is -2.56. The quantitative estimate of drug-likeness (QED) is 0.487. The van der Waals surface area contributed by atoms with Crippen molar-refractivity contribution in [3.05, 3.63) is 29.0 Å². The SMILES string of the molecule is O=C(COc1ccc(Cl)c(F)c1)NC12CCC(NC(=O)C3CCNS3)(CC1)C[C@@H]2O. The van der Waals surface area contributed by atoms with Crippen LogP contribution in [0.4, 0.5) is 4.39 Å². The van der Waals surface area contributed by atoms with Gasteiger partial charge in [0.2, 0.25) is 5.91 Å². The molecule has 0 spiro atoms. The third kappa shape index (κ3) is 4.39. The number of amides is 2. The van der Waals surface area contributed by atoms with Gasteiger partial charge in [-0.05, 0) is 50.7 Å². The smallest absolute Gasteiger partial charge is 0.258 e. The fourth-order valence-electron chi connectivity index (χ4n) is 4.63. The molecule has 4 N–H and O–H groups in total. The number of aliphatic hydroxyl groups excluding tert-OH is 1. The lowest BCUT2D eigenvalue weighted by atomic mass is 9.60. The Hall–Kier alpha value is -1.55. The number of ether oxygens (including phenoxy) is 1. The second kappa shape index (κ2) is 8.53. The van der Waals surface area contributed by atoms with Gasteiger partial charge in [0.25, 0.3) is 5.91 Å². The summed E-state index contributed by atoms with van der Waals surface area (Å²) in [6, 6.07) is 3.98. The van der Waals surface area contributed by atoms with Crippen LogP contribution in [0.1, 0.15) is 38.5 Å². The zero-order valence-electron chi connectivity index (χ0n) is 16.4. The number of nitrogens with one attached hydrogen (secondary N) is 3. The average molecular weight is 458 g/mol. The summed E-state index contributed by atoms with van der Waals surface area (Å²) in [6.07, 6.45) is 3.00. The largest absolute Gasteiger partial charge is 0.484 e. The van der Waals surface area contributed by atoms with Gasteiger partial charge in [0, 0.05) is 18.2 Å². The average Bonchev–Trinajstić information content (AvgIpc) is 3.25. The molecular formula is C20H25ClFN3O4S. The molecule has 1 heterocycles. The van der Waals surface area contributed by atoms with E-state index in [2.05, 4.69) is 15.4 Å². The highest BCUT2D eigenvalue weighted by Gasteiger charge is 2.55. The Morgan fingerprint density at radius 1 is 1.30 bits per heavy atom. The summed E-state index contributed by atoms with van der Waals surface area (Å²) in [5.74, 6) is -0.776. The van der Waals surface area contributed by atoms with Crippen LogP contribution in [0, 0.1) is 5.82 Å². The molecule has 10 heteroatoms. The van der Waals surface area contributed by atoms with Crippen LogP contribution < -0.4 is 20.1 Å². The predicted molar refractivity (Wildman–Crippen MR) is 112 cm³/mol. The van der Waals surface area contributed by atoms with Gasteiger partial charge in [-0.25, -0.2) is 4.39 Å². The summed E-state index contributed by atoms with van der Waals surface area (Å²) in [5.41, 5.74) is -1.13. The van der Waals surface area contributed by atoms with Gasteiger partial charge in [-0.3, -0.25) is 14.3 Å². The van der Waals surface area contributed by atoms with Crippen molar-refractivity contribution < 1.29 is 23.8 Å². The van der Waals surface area contributed by atoms with E-state index in [0.29, 0.717) is 32.1 Å². The van der Waals surface area contributed by atoms with Crippen molar-refractivity contribution in [1.82, 2.24) is 15.4 Å². The summed E-state index contributed by atoms with van der Waals surface area (Å²) in [5, 5.41) is 16.8. The van der Waals surface area contributed by atoms with E-state index in [1.165, 1.54) is 24.1 Å². The number of carbonyl (C=O) groups excluding carboxylic acids is 2. The Morgan fingerprint density at radius 2 is 2.07 bits per heavy atom. The third-order valence-electron chi connectivity index (χ3n) is 6.39. The van der Waals surface area contributed by atoms with Crippen molar-refractivity contribution in [3.63, 3.8) is 0 Å². The van der Waals surface area contributed by atoms with Gasteiger partial charge < -0.3 is 20.5 Å². The molecule has 7 nitrogen and oxygen atoms in total. The van der Waals surface area contributed by atoms with Crippen molar-refractivity contribution >= 4 is 35.4 Å². The summed E-state index contributed by atoms with van der Waals surface area (Å²) in [4.78, 5) is 25.0. The van der Waals surface area contributed by atoms with Gasteiger partial charge in [-0.15, -0.1) is 0 Å². The molecular weight excluding hydrogens is 433 g/mol. The molecule has 0 aromatic heterocycles. The van der Waals surface area contributed by atoms with Gasteiger partial charge in [-0.1, -0.05) is 23.5 Å². The molecule has 2 amide bonds. The van der Waals surface area contributed by atoms with Gasteiger partial charge in [-0.2, -0.15) is 0 Å². The molecule has 1 unspecified atom stereocenters. The van der Waals surface area contributed by atoms with Crippen LogP contribution in [0.25, 0.3) is 0 Å². The van der Waals surface area contributed by atoms with Crippen LogP contribution in [0.15, 0.2) is 18.2 Å². The maximum Gasteiger partial charge on any atom is 0.258 e. The highest BCUT2D eigenvalue weighted by molar-refractivity contribution is 7.99. The first-order chi connectivity index (χ1) is 14.3. The van der Waals surface area contributed by atoms with Gasteiger partial charge in [0.15, 0.2) is 6.61 Å². The van der Waals surface area contributed by atoms with Crippen molar-refractivity contribution in [1.29, 1.82) is 0 Å². The molecule has 1 aliphatic heterocycles. The molecule has 4 aliphatic rings. The molecule has 1 aromatic rings. The minimum Gasteiger partial charge on any atom is -0.484 e. The molecule has 5 rings (SSSR count). The summed E-state index contributed by atoms with van der Waals surface area (Å²) < 4.78 is 22.0. The van der Waals surface area contributed by atoms with Crippen molar-refractivity contribution in [2.75, 3.05) is 13.2 Å². The van der Waals surface area contributed by atoms with E-state index >= 15 is 0 Å². The zero-order chi connectivity index (χ0) is 21.4. The number of carbonyl (C=O) groups is 2. The molecule has 30 heavy (non-hydrogen) atoms. The standard InChI is InChI=1S/C20H25ClFN3O4S/c21-13-2-1-12(9-14(13)22)29-11-17(27)24-20-6-4-19(5-7-20,10-16(20)26)25-18(28)15-3-8-23-30-15/h1-2,9,15-16,23,26H,3-8,10-11H2,(H,24,27)(H,25,28)/t15?,16-,19?,20?/m0/s1. The Bertz CT molecular complexity index is 828. The number of rotatable bonds is 6. The predicted octanol–water partition coefficient (Wildman–Crippen LogP) is 1.92. The molecule has 4 fully saturated rings. The van der Waals surface area contributed by atoms with Crippen molar-refractivity contribution in [3.8, 4) is 5.75 Å². The van der Waals surface area contributed by atoms with Gasteiger partial charge in [0.05, 0.1) is 21.9 Å². The Labute approximate surface area is 183 Å². The van der Waals surface area contributed by atoms with Gasteiger partial charge >= 0.3 is 0 Å². The number of aliphatic hydroxyl groups is 1. The maximum atomic E-state index is 13.5. The lowest BCUT2D eigenvalue weighted by molar-refractivity contribution is -0.136. The van der Waals surface area contributed by atoms with Crippen LogP contribution in [-0.4, -0.2) is 52.5 Å². The maximum absolute atomic E-state index is 13.5. The second-order valence-corrected chi connectivity index (χ2v) is 9.85. The van der Waals surface area contributed by atoms with Crippen LogP contribution in [0.5, 0.6) is 5.75 Å². The van der Waals surface area contributed by atoms with Crippen LogP contribution in [0.3, 0.4) is 0 Å². The number of halogens is 2. The fraction of sp³-hybridized carbons (Fsp3) is 0.600. The highest BCUT2D eigenvalue weighted by atomic mass is 35.5. The first-order valence-electron chi connectivity index (χ1n) is 10.1. The monoisotopic (exact) mass is 457 g/mol. The second-order valence-electron chi connectivity index (χ2n) is 8.35. The first-order valence-corrected chi connectivity index (χ1v) is 11.3.